The molecule has 4 aliphatic carbocycles. The topological polar surface area (TPSA) is 59.6 Å². The van der Waals surface area contributed by atoms with E-state index in [9.17, 15) is 4.79 Å². The molecule has 5 nitrogen and oxygen atoms in total. The Morgan fingerprint density at radius 3 is 1.94 bits per heavy atom. The van der Waals surface area contributed by atoms with Crippen molar-refractivity contribution >= 4 is 28.9 Å². The normalized spacial score (nSPS) is 27.6. The maximum atomic E-state index is 13.1. The summed E-state index contributed by atoms with van der Waals surface area (Å²) in [5, 5.41) is 6.50. The number of nitrogens with one attached hydrogen (secondary N) is 2. The molecule has 0 atom stereocenters. The molecular formula is C26H30N2O3S. The van der Waals surface area contributed by atoms with E-state index in [1.54, 1.807) is 0 Å². The van der Waals surface area contributed by atoms with Crippen molar-refractivity contribution in [3.8, 4) is 11.5 Å². The average molecular weight is 451 g/mol. The number of ether oxygens (including phenoxy) is 2. The van der Waals surface area contributed by atoms with Gasteiger partial charge in [0.2, 0.25) is 5.91 Å². The van der Waals surface area contributed by atoms with E-state index in [1.807, 2.05) is 54.6 Å². The first-order chi connectivity index (χ1) is 15.6. The van der Waals surface area contributed by atoms with Gasteiger partial charge in [-0.3, -0.25) is 4.79 Å². The predicted octanol–water partition coefficient (Wildman–Crippen LogP) is 5.17. The zero-order valence-corrected chi connectivity index (χ0v) is 19.0. The van der Waals surface area contributed by atoms with Crippen LogP contribution in [-0.4, -0.2) is 24.2 Å². The van der Waals surface area contributed by atoms with Gasteiger partial charge < -0.3 is 20.1 Å². The Labute approximate surface area is 194 Å². The zero-order chi connectivity index (χ0) is 22.0. The van der Waals surface area contributed by atoms with Gasteiger partial charge in [0.15, 0.2) is 5.11 Å². The summed E-state index contributed by atoms with van der Waals surface area (Å²) in [6.07, 6.45) is 7.07. The van der Waals surface area contributed by atoms with E-state index < -0.39 is 0 Å². The molecule has 0 aromatic heterocycles. The van der Waals surface area contributed by atoms with Crippen molar-refractivity contribution in [2.75, 3.05) is 18.5 Å². The Morgan fingerprint density at radius 1 is 0.844 bits per heavy atom. The average Bonchev–Trinajstić information content (AvgIpc) is 2.77. The summed E-state index contributed by atoms with van der Waals surface area (Å²) in [6.45, 7) is 0.936. The number of hydrogen-bond acceptors (Lipinski definition) is 4. The van der Waals surface area contributed by atoms with Crippen LogP contribution in [0.4, 0.5) is 5.69 Å². The molecule has 2 N–H and O–H groups in total. The maximum absolute atomic E-state index is 13.1. The van der Waals surface area contributed by atoms with Crippen molar-refractivity contribution in [1.82, 2.24) is 5.32 Å². The van der Waals surface area contributed by atoms with Crippen LogP contribution >= 0.6 is 12.2 Å². The lowest BCUT2D eigenvalue weighted by atomic mass is 9.49. The Morgan fingerprint density at radius 2 is 1.38 bits per heavy atom. The fourth-order valence-electron chi connectivity index (χ4n) is 6.26. The second-order valence-electron chi connectivity index (χ2n) is 9.64. The molecule has 2 aromatic rings. The molecule has 4 aliphatic rings. The maximum Gasteiger partial charge on any atom is 0.232 e. The van der Waals surface area contributed by atoms with Gasteiger partial charge in [-0.15, -0.1) is 0 Å². The summed E-state index contributed by atoms with van der Waals surface area (Å²) >= 11 is 5.44. The highest BCUT2D eigenvalue weighted by Crippen LogP contribution is 2.60. The van der Waals surface area contributed by atoms with E-state index in [-0.39, 0.29) is 11.3 Å². The zero-order valence-electron chi connectivity index (χ0n) is 18.2. The molecule has 0 spiro atoms. The summed E-state index contributed by atoms with van der Waals surface area (Å²) in [6, 6.07) is 17.3. The van der Waals surface area contributed by atoms with Gasteiger partial charge in [-0.1, -0.05) is 18.2 Å². The van der Waals surface area contributed by atoms with Crippen molar-refractivity contribution in [3.05, 3.63) is 54.6 Å². The lowest BCUT2D eigenvalue weighted by Gasteiger charge is -2.55. The van der Waals surface area contributed by atoms with Crippen LogP contribution in [0.5, 0.6) is 11.5 Å². The summed E-state index contributed by atoms with van der Waals surface area (Å²) < 4.78 is 11.4. The molecular weight excluding hydrogens is 420 g/mol. The molecule has 0 saturated heterocycles. The van der Waals surface area contributed by atoms with Gasteiger partial charge in [0, 0.05) is 5.69 Å². The number of benzene rings is 2. The molecule has 1 amide bonds. The summed E-state index contributed by atoms with van der Waals surface area (Å²) in [4.78, 5) is 13.1. The number of para-hydroxylation sites is 1. The molecule has 2 aromatic carbocycles. The van der Waals surface area contributed by atoms with Crippen LogP contribution in [0.15, 0.2) is 54.6 Å². The van der Waals surface area contributed by atoms with E-state index in [2.05, 4.69) is 10.6 Å². The number of carbonyl (C=O) groups excluding carboxylic acids is 1. The summed E-state index contributed by atoms with van der Waals surface area (Å²) in [7, 11) is 0. The van der Waals surface area contributed by atoms with Crippen LogP contribution in [0.1, 0.15) is 38.5 Å². The Kier molecular flexibility index (Phi) is 6.05. The van der Waals surface area contributed by atoms with Gasteiger partial charge >= 0.3 is 0 Å². The molecule has 0 aliphatic heterocycles. The number of hydrogen-bond donors (Lipinski definition) is 2. The van der Waals surface area contributed by atoms with E-state index in [0.29, 0.717) is 18.3 Å². The molecule has 168 valence electrons. The van der Waals surface area contributed by atoms with Gasteiger partial charge in [0.25, 0.3) is 0 Å². The number of carbonyl (C=O) groups is 1. The standard InChI is InChI=1S/C26H30N2O3S/c29-24(26-15-18-12-19(16-26)14-20(13-18)17-26)28-25(32)27-21-6-8-23(9-7-21)31-11-10-30-22-4-2-1-3-5-22/h1-9,18-20H,10-17H2,(H2,27,28,29,32). The molecule has 6 rings (SSSR count). The van der Waals surface area contributed by atoms with Crippen molar-refractivity contribution in [3.63, 3.8) is 0 Å². The second-order valence-corrected chi connectivity index (χ2v) is 10.0. The smallest absolute Gasteiger partial charge is 0.232 e. The van der Waals surface area contributed by atoms with Crippen molar-refractivity contribution in [2.45, 2.75) is 38.5 Å². The van der Waals surface area contributed by atoms with Crippen LogP contribution in [0.3, 0.4) is 0 Å². The summed E-state index contributed by atoms with van der Waals surface area (Å²) in [5.41, 5.74) is 0.633. The van der Waals surface area contributed by atoms with Crippen molar-refractivity contribution in [2.24, 2.45) is 23.2 Å². The number of rotatable bonds is 7. The molecule has 4 bridgehead atoms. The third kappa shape index (κ3) is 4.75. The molecule has 0 unspecified atom stereocenters. The van der Waals surface area contributed by atoms with E-state index >= 15 is 0 Å². The van der Waals surface area contributed by atoms with Gasteiger partial charge in [-0.2, -0.15) is 0 Å². The third-order valence-electron chi connectivity index (χ3n) is 7.22. The molecule has 0 radical (unpaired) electrons. The quantitative estimate of drug-likeness (QED) is 0.450. The lowest BCUT2D eigenvalue weighted by Crippen LogP contribution is -2.55. The number of anilines is 1. The Hall–Kier alpha value is -2.60. The molecule has 6 heteroatoms. The largest absolute Gasteiger partial charge is 0.490 e. The minimum atomic E-state index is -0.194. The second kappa shape index (κ2) is 9.10. The van der Waals surface area contributed by atoms with Crippen LogP contribution in [0.2, 0.25) is 0 Å². The van der Waals surface area contributed by atoms with E-state index in [4.69, 9.17) is 21.7 Å². The van der Waals surface area contributed by atoms with E-state index in [1.165, 1.54) is 19.3 Å². The third-order valence-corrected chi connectivity index (χ3v) is 7.43. The fraction of sp³-hybridized carbons (Fsp3) is 0.462. The monoisotopic (exact) mass is 450 g/mol. The van der Waals surface area contributed by atoms with Gasteiger partial charge in [0.05, 0.1) is 5.41 Å². The van der Waals surface area contributed by atoms with Crippen LogP contribution < -0.4 is 20.1 Å². The fourth-order valence-corrected chi connectivity index (χ4v) is 6.47. The number of thiocarbonyl (C=S) groups is 1. The summed E-state index contributed by atoms with van der Waals surface area (Å²) in [5.74, 6) is 3.92. The Bertz CT molecular complexity index is 926. The molecule has 0 heterocycles. The predicted molar refractivity (Wildman–Crippen MR) is 129 cm³/mol. The van der Waals surface area contributed by atoms with Crippen molar-refractivity contribution in [1.29, 1.82) is 0 Å². The van der Waals surface area contributed by atoms with Gasteiger partial charge in [-0.05, 0) is 105 Å². The highest BCUT2D eigenvalue weighted by atomic mass is 32.1. The number of amides is 1. The van der Waals surface area contributed by atoms with E-state index in [0.717, 1.165) is 54.2 Å². The minimum Gasteiger partial charge on any atom is -0.490 e. The van der Waals surface area contributed by atoms with Crippen LogP contribution in [-0.2, 0) is 4.79 Å². The Balaban J connectivity index is 1.08. The molecule has 32 heavy (non-hydrogen) atoms. The van der Waals surface area contributed by atoms with Crippen molar-refractivity contribution < 1.29 is 14.3 Å². The first kappa shape index (κ1) is 21.3. The minimum absolute atomic E-state index is 0.118. The lowest BCUT2D eigenvalue weighted by molar-refractivity contribution is -0.144. The highest BCUT2D eigenvalue weighted by Gasteiger charge is 2.54. The first-order valence-electron chi connectivity index (χ1n) is 11.6. The molecule has 4 fully saturated rings. The first-order valence-corrected chi connectivity index (χ1v) is 12.0. The SMILES string of the molecule is O=C(NC(=S)Nc1ccc(OCCOc2ccccc2)cc1)C12CC3CC(CC(C3)C1)C2. The van der Waals surface area contributed by atoms with Gasteiger partial charge in [0.1, 0.15) is 24.7 Å². The molecule has 4 saturated carbocycles. The van der Waals surface area contributed by atoms with Gasteiger partial charge in [-0.25, -0.2) is 0 Å². The van der Waals surface area contributed by atoms with Crippen LogP contribution in [0, 0.1) is 23.2 Å². The highest BCUT2D eigenvalue weighted by molar-refractivity contribution is 7.80. The van der Waals surface area contributed by atoms with Crippen LogP contribution in [0.25, 0.3) is 0 Å².